The molecule has 0 radical (unpaired) electrons. The largest absolute Gasteiger partial charge is 0.350 e. The molecule has 1 aliphatic heterocycles. The summed E-state index contributed by atoms with van der Waals surface area (Å²) in [6.07, 6.45) is 2.74. The van der Waals surface area contributed by atoms with Gasteiger partial charge in [0.05, 0.1) is 5.69 Å². The van der Waals surface area contributed by atoms with Crippen molar-refractivity contribution in [1.29, 1.82) is 0 Å². The molecule has 24 heavy (non-hydrogen) atoms. The van der Waals surface area contributed by atoms with Gasteiger partial charge in [0.25, 0.3) is 15.9 Å². The van der Waals surface area contributed by atoms with Crippen LogP contribution in [-0.4, -0.2) is 32.7 Å². The molecule has 1 aromatic carbocycles. The number of carbonyl (C=O) groups excluding carboxylic acids is 1. The lowest BCUT2D eigenvalue weighted by Crippen LogP contribution is -2.35. The van der Waals surface area contributed by atoms with E-state index in [2.05, 4.69) is 16.6 Å². The standard InChI is InChI=1S/C17H25N3O3S/c1-5-7-10-20-13(4)19-24(22,23)16-11-14(8-9-15(16)20)17(21)18-12(3)6-2/h8-9,11-12H,5-7,10H2,1-4H3,(H,18,21)/t12-/m0/s1. The average molecular weight is 351 g/mol. The number of nitrogens with zero attached hydrogens (tertiary/aromatic N) is 2. The van der Waals surface area contributed by atoms with E-state index in [0.29, 0.717) is 23.6 Å². The molecule has 0 unspecified atom stereocenters. The number of sulfonamides is 1. The van der Waals surface area contributed by atoms with Crippen molar-refractivity contribution in [1.82, 2.24) is 5.32 Å². The monoisotopic (exact) mass is 351 g/mol. The summed E-state index contributed by atoms with van der Waals surface area (Å²) in [4.78, 5) is 14.3. The van der Waals surface area contributed by atoms with Crippen LogP contribution in [0.3, 0.4) is 0 Å². The SMILES string of the molecule is CCCCN1C(C)=NS(=O)(=O)c2cc(C(=O)N[C@@H](C)CC)ccc21. The Morgan fingerprint density at radius 1 is 1.33 bits per heavy atom. The van der Waals surface area contributed by atoms with Crippen LogP contribution in [0.5, 0.6) is 0 Å². The first-order valence-corrected chi connectivity index (χ1v) is 9.78. The minimum absolute atomic E-state index is 0.0338. The predicted octanol–water partition coefficient (Wildman–Crippen LogP) is 2.94. The highest BCUT2D eigenvalue weighted by molar-refractivity contribution is 7.90. The molecule has 1 N–H and O–H groups in total. The quantitative estimate of drug-likeness (QED) is 0.854. The highest BCUT2D eigenvalue weighted by Crippen LogP contribution is 2.32. The van der Waals surface area contributed by atoms with Crippen LogP contribution < -0.4 is 10.2 Å². The van der Waals surface area contributed by atoms with E-state index in [0.717, 1.165) is 19.3 Å². The summed E-state index contributed by atoms with van der Waals surface area (Å²) in [5.41, 5.74) is 0.929. The average Bonchev–Trinajstić information content (AvgIpc) is 2.53. The molecule has 0 aromatic heterocycles. The Hall–Kier alpha value is -1.89. The van der Waals surface area contributed by atoms with E-state index in [1.54, 1.807) is 19.1 Å². The van der Waals surface area contributed by atoms with Crippen molar-refractivity contribution in [3.8, 4) is 0 Å². The van der Waals surface area contributed by atoms with Crippen molar-refractivity contribution in [2.45, 2.75) is 57.9 Å². The highest BCUT2D eigenvalue weighted by Gasteiger charge is 2.29. The van der Waals surface area contributed by atoms with Crippen LogP contribution in [0.1, 0.15) is 57.3 Å². The van der Waals surface area contributed by atoms with Gasteiger partial charge in [0, 0.05) is 18.2 Å². The van der Waals surface area contributed by atoms with Gasteiger partial charge < -0.3 is 10.2 Å². The smallest absolute Gasteiger partial charge is 0.286 e. The number of anilines is 1. The Morgan fingerprint density at radius 2 is 2.04 bits per heavy atom. The van der Waals surface area contributed by atoms with Gasteiger partial charge in [-0.3, -0.25) is 4.79 Å². The summed E-state index contributed by atoms with van der Waals surface area (Å²) in [5.74, 6) is 0.196. The number of amides is 1. The molecule has 2 rings (SSSR count). The number of hydrogen-bond donors (Lipinski definition) is 1. The fourth-order valence-corrected chi connectivity index (χ4v) is 3.80. The number of unbranched alkanes of at least 4 members (excludes halogenated alkanes) is 1. The van der Waals surface area contributed by atoms with E-state index >= 15 is 0 Å². The van der Waals surface area contributed by atoms with Gasteiger partial charge in [-0.15, -0.1) is 4.40 Å². The molecule has 1 amide bonds. The van der Waals surface area contributed by atoms with Crippen molar-refractivity contribution < 1.29 is 13.2 Å². The molecular weight excluding hydrogens is 326 g/mol. The first-order chi connectivity index (χ1) is 11.3. The predicted molar refractivity (Wildman–Crippen MR) is 96.2 cm³/mol. The number of rotatable bonds is 6. The molecule has 1 atom stereocenters. The van der Waals surface area contributed by atoms with Gasteiger partial charge in [0.1, 0.15) is 10.7 Å². The topological polar surface area (TPSA) is 78.8 Å². The van der Waals surface area contributed by atoms with Crippen LogP contribution >= 0.6 is 0 Å². The summed E-state index contributed by atoms with van der Waals surface area (Å²) in [6, 6.07) is 4.83. The second-order valence-electron chi connectivity index (χ2n) is 6.08. The van der Waals surface area contributed by atoms with Crippen LogP contribution in [0, 0.1) is 0 Å². The Morgan fingerprint density at radius 3 is 2.67 bits per heavy atom. The maximum Gasteiger partial charge on any atom is 0.286 e. The third-order valence-electron chi connectivity index (χ3n) is 4.16. The number of carbonyl (C=O) groups is 1. The van der Waals surface area contributed by atoms with Gasteiger partial charge >= 0.3 is 0 Å². The zero-order chi connectivity index (χ0) is 17.9. The fraction of sp³-hybridized carbons (Fsp3) is 0.529. The Balaban J connectivity index is 2.42. The van der Waals surface area contributed by atoms with Crippen molar-refractivity contribution in [3.05, 3.63) is 23.8 Å². The van der Waals surface area contributed by atoms with Crippen LogP contribution in [0.4, 0.5) is 5.69 Å². The lowest BCUT2D eigenvalue weighted by atomic mass is 10.1. The maximum absolute atomic E-state index is 12.4. The van der Waals surface area contributed by atoms with Crippen LogP contribution in [-0.2, 0) is 10.0 Å². The van der Waals surface area contributed by atoms with E-state index < -0.39 is 10.0 Å². The van der Waals surface area contributed by atoms with Gasteiger partial charge in [-0.25, -0.2) is 0 Å². The van der Waals surface area contributed by atoms with Gasteiger partial charge in [0.15, 0.2) is 0 Å². The molecule has 1 aliphatic rings. The molecule has 0 aliphatic carbocycles. The number of fused-ring (bicyclic) bond motifs is 1. The molecule has 7 heteroatoms. The minimum atomic E-state index is -3.77. The van der Waals surface area contributed by atoms with E-state index in [1.165, 1.54) is 6.07 Å². The molecular formula is C17H25N3O3S. The molecule has 1 aromatic rings. The zero-order valence-corrected chi connectivity index (χ0v) is 15.5. The fourth-order valence-electron chi connectivity index (χ4n) is 2.54. The second kappa shape index (κ2) is 7.34. The third-order valence-corrected chi connectivity index (χ3v) is 5.55. The van der Waals surface area contributed by atoms with Crippen LogP contribution in [0.2, 0.25) is 0 Å². The summed E-state index contributed by atoms with van der Waals surface area (Å²) < 4.78 is 28.7. The summed E-state index contributed by atoms with van der Waals surface area (Å²) in [5, 5.41) is 2.85. The number of amidine groups is 1. The van der Waals surface area contributed by atoms with E-state index in [1.807, 2.05) is 18.7 Å². The highest BCUT2D eigenvalue weighted by atomic mass is 32.2. The molecule has 132 valence electrons. The van der Waals surface area contributed by atoms with Crippen molar-refractivity contribution in [3.63, 3.8) is 0 Å². The normalized spacial score (nSPS) is 17.0. The zero-order valence-electron chi connectivity index (χ0n) is 14.7. The lowest BCUT2D eigenvalue weighted by molar-refractivity contribution is 0.0939. The lowest BCUT2D eigenvalue weighted by Gasteiger charge is -2.29. The molecule has 0 saturated carbocycles. The van der Waals surface area contributed by atoms with E-state index in [-0.39, 0.29) is 16.8 Å². The third kappa shape index (κ3) is 3.77. The van der Waals surface area contributed by atoms with E-state index in [4.69, 9.17) is 0 Å². The van der Waals surface area contributed by atoms with Crippen LogP contribution in [0.25, 0.3) is 0 Å². The van der Waals surface area contributed by atoms with Crippen molar-refractivity contribution >= 4 is 27.5 Å². The second-order valence-corrected chi connectivity index (χ2v) is 7.66. The van der Waals surface area contributed by atoms with Crippen molar-refractivity contribution in [2.24, 2.45) is 4.40 Å². The molecule has 0 spiro atoms. The van der Waals surface area contributed by atoms with Crippen LogP contribution in [0.15, 0.2) is 27.5 Å². The Kier molecular flexibility index (Phi) is 5.64. The summed E-state index contributed by atoms with van der Waals surface area (Å²) >= 11 is 0. The molecule has 0 bridgehead atoms. The first kappa shape index (κ1) is 18.4. The summed E-state index contributed by atoms with van der Waals surface area (Å²) in [7, 11) is -3.77. The number of hydrogen-bond acceptors (Lipinski definition) is 4. The number of benzene rings is 1. The van der Waals surface area contributed by atoms with Gasteiger partial charge in [-0.1, -0.05) is 20.3 Å². The Labute approximate surface area is 144 Å². The van der Waals surface area contributed by atoms with Gasteiger partial charge in [0.2, 0.25) is 0 Å². The Bertz CT molecular complexity index is 756. The first-order valence-electron chi connectivity index (χ1n) is 8.34. The molecule has 0 fully saturated rings. The number of nitrogens with one attached hydrogen (secondary N) is 1. The van der Waals surface area contributed by atoms with E-state index in [9.17, 15) is 13.2 Å². The van der Waals surface area contributed by atoms with Crippen molar-refractivity contribution in [2.75, 3.05) is 11.4 Å². The van der Waals surface area contributed by atoms with Gasteiger partial charge in [-0.2, -0.15) is 8.42 Å². The molecule has 0 saturated heterocycles. The molecule has 6 nitrogen and oxygen atoms in total. The molecule has 1 heterocycles. The minimum Gasteiger partial charge on any atom is -0.350 e. The maximum atomic E-state index is 12.4. The summed E-state index contributed by atoms with van der Waals surface area (Å²) in [6.45, 7) is 8.36. The van der Waals surface area contributed by atoms with Gasteiger partial charge in [-0.05, 0) is 44.9 Å².